The first kappa shape index (κ1) is 21.6. The number of nitrogens with zero attached hydrogens (tertiary/aromatic N) is 1. The average molecular weight is 439 g/mol. The minimum atomic E-state index is -1.55. The largest absolute Gasteiger partial charge is 0.463 e. The maximum atomic E-state index is 13.4. The number of rotatable bonds is 5. The molecule has 3 rings (SSSR count). The first-order chi connectivity index (χ1) is 14.1. The van der Waals surface area contributed by atoms with Crippen molar-refractivity contribution in [3.8, 4) is 0 Å². The number of hydrogen-bond acceptors (Lipinski definition) is 5. The lowest BCUT2D eigenvalue weighted by atomic mass is 9.92. The van der Waals surface area contributed by atoms with Crippen molar-refractivity contribution >= 4 is 35.5 Å². The van der Waals surface area contributed by atoms with Crippen LogP contribution < -0.4 is 16.0 Å². The van der Waals surface area contributed by atoms with Gasteiger partial charge in [-0.3, -0.25) is 9.69 Å². The molecule has 0 bridgehead atoms. The van der Waals surface area contributed by atoms with Gasteiger partial charge in [-0.25, -0.2) is 18.8 Å². The molecule has 1 saturated heterocycles. The van der Waals surface area contributed by atoms with E-state index in [-0.39, 0.29) is 35.0 Å². The molecule has 1 aromatic rings. The van der Waals surface area contributed by atoms with E-state index in [1.165, 1.54) is 13.0 Å². The standard InChI is InChI=1S/C19H20ClFN4O5/c1-4-30-15(26)14-9(2)22-17(28)23-13(14)8-25-16(27)19(3,24-18(25)29)11-6-5-10(21)7-12(11)20/h5-7,9H,4,8H2,1-3H3,(H,24,29)(H2,22,23,28). The fraction of sp³-hybridized carbons (Fsp3) is 0.368. The third-order valence-electron chi connectivity index (χ3n) is 4.93. The van der Waals surface area contributed by atoms with Gasteiger partial charge in [0.05, 0.1) is 30.5 Å². The smallest absolute Gasteiger partial charge is 0.337 e. The number of urea groups is 2. The van der Waals surface area contributed by atoms with Crippen LogP contribution in [0.5, 0.6) is 0 Å². The summed E-state index contributed by atoms with van der Waals surface area (Å²) in [6.07, 6.45) is 0. The maximum Gasteiger partial charge on any atom is 0.337 e. The highest BCUT2D eigenvalue weighted by atomic mass is 35.5. The second kappa shape index (κ2) is 7.94. The number of esters is 1. The van der Waals surface area contributed by atoms with Gasteiger partial charge in [-0.2, -0.15) is 0 Å². The Morgan fingerprint density at radius 3 is 2.67 bits per heavy atom. The molecule has 0 saturated carbocycles. The van der Waals surface area contributed by atoms with Crippen LogP contribution >= 0.6 is 11.6 Å². The Morgan fingerprint density at radius 2 is 2.03 bits per heavy atom. The minimum absolute atomic E-state index is 0.0248. The van der Waals surface area contributed by atoms with E-state index in [1.807, 2.05) is 0 Å². The predicted molar refractivity (Wildman–Crippen MR) is 104 cm³/mol. The summed E-state index contributed by atoms with van der Waals surface area (Å²) >= 11 is 6.09. The van der Waals surface area contributed by atoms with Gasteiger partial charge >= 0.3 is 18.0 Å². The first-order valence-corrected chi connectivity index (χ1v) is 9.53. The van der Waals surface area contributed by atoms with Crippen LogP contribution in [0.25, 0.3) is 0 Å². The van der Waals surface area contributed by atoms with Crippen LogP contribution in [0, 0.1) is 5.82 Å². The molecule has 0 aliphatic carbocycles. The summed E-state index contributed by atoms with van der Waals surface area (Å²) in [5.41, 5.74) is -1.16. The van der Waals surface area contributed by atoms with Gasteiger partial charge in [-0.1, -0.05) is 17.7 Å². The van der Waals surface area contributed by atoms with E-state index >= 15 is 0 Å². The molecule has 9 nitrogen and oxygen atoms in total. The highest BCUT2D eigenvalue weighted by molar-refractivity contribution is 6.32. The fourth-order valence-electron chi connectivity index (χ4n) is 3.48. The molecule has 0 radical (unpaired) electrons. The Hall–Kier alpha value is -3.14. The van der Waals surface area contributed by atoms with Gasteiger partial charge in [0.1, 0.15) is 11.4 Å². The number of benzene rings is 1. The van der Waals surface area contributed by atoms with Gasteiger partial charge < -0.3 is 20.7 Å². The molecular formula is C19H20ClFN4O5. The van der Waals surface area contributed by atoms with E-state index < -0.39 is 41.3 Å². The van der Waals surface area contributed by atoms with Crippen molar-refractivity contribution in [1.29, 1.82) is 0 Å². The Kier molecular flexibility index (Phi) is 5.71. The van der Waals surface area contributed by atoms with Gasteiger partial charge in [0.25, 0.3) is 5.91 Å². The molecule has 2 heterocycles. The van der Waals surface area contributed by atoms with Crippen LogP contribution in [0.2, 0.25) is 5.02 Å². The molecule has 2 unspecified atom stereocenters. The third kappa shape index (κ3) is 3.70. The van der Waals surface area contributed by atoms with Crippen molar-refractivity contribution in [1.82, 2.24) is 20.9 Å². The molecule has 1 aromatic carbocycles. The summed E-state index contributed by atoms with van der Waals surface area (Å²) in [6, 6.07) is 1.47. The van der Waals surface area contributed by atoms with E-state index in [4.69, 9.17) is 16.3 Å². The molecular weight excluding hydrogens is 419 g/mol. The Bertz CT molecular complexity index is 982. The zero-order valence-electron chi connectivity index (χ0n) is 16.5. The summed E-state index contributed by atoms with van der Waals surface area (Å²) in [7, 11) is 0. The van der Waals surface area contributed by atoms with Gasteiger partial charge in [0.2, 0.25) is 0 Å². The van der Waals surface area contributed by atoms with E-state index in [2.05, 4.69) is 16.0 Å². The average Bonchev–Trinajstić information content (AvgIpc) is 2.85. The van der Waals surface area contributed by atoms with Gasteiger partial charge in [-0.15, -0.1) is 0 Å². The topological polar surface area (TPSA) is 117 Å². The number of carbonyl (C=O) groups excluding carboxylic acids is 4. The predicted octanol–water partition coefficient (Wildman–Crippen LogP) is 1.76. The van der Waals surface area contributed by atoms with Crippen LogP contribution in [0.3, 0.4) is 0 Å². The summed E-state index contributed by atoms with van der Waals surface area (Å²) in [5.74, 6) is -1.93. The zero-order valence-corrected chi connectivity index (χ0v) is 17.2. The van der Waals surface area contributed by atoms with Crippen molar-refractivity contribution in [3.05, 3.63) is 45.9 Å². The Labute approximate surface area is 176 Å². The van der Waals surface area contributed by atoms with Crippen LogP contribution in [0.4, 0.5) is 14.0 Å². The zero-order chi connectivity index (χ0) is 22.2. The second-order valence-corrected chi connectivity index (χ2v) is 7.41. The van der Waals surface area contributed by atoms with E-state index in [9.17, 15) is 23.6 Å². The lowest BCUT2D eigenvalue weighted by Crippen LogP contribution is -2.52. The molecule has 30 heavy (non-hydrogen) atoms. The van der Waals surface area contributed by atoms with E-state index in [1.54, 1.807) is 13.8 Å². The van der Waals surface area contributed by atoms with E-state index in [0.29, 0.717) is 0 Å². The highest BCUT2D eigenvalue weighted by Crippen LogP contribution is 2.34. The molecule has 2 atom stereocenters. The van der Waals surface area contributed by atoms with Crippen molar-refractivity contribution in [2.75, 3.05) is 13.2 Å². The lowest BCUT2D eigenvalue weighted by Gasteiger charge is -2.28. The second-order valence-electron chi connectivity index (χ2n) is 7.00. The van der Waals surface area contributed by atoms with Crippen LogP contribution in [0.15, 0.2) is 29.5 Å². The number of hydrogen-bond donors (Lipinski definition) is 3. The molecule has 2 aliphatic rings. The SMILES string of the molecule is CCOC(=O)C1=C(CN2C(=O)NC(C)(c3ccc(F)cc3Cl)C2=O)NC(=O)NC1C. The molecule has 2 aliphatic heterocycles. The van der Waals surface area contributed by atoms with Gasteiger partial charge in [-0.05, 0) is 32.9 Å². The molecule has 0 aromatic heterocycles. The third-order valence-corrected chi connectivity index (χ3v) is 5.24. The lowest BCUT2D eigenvalue weighted by molar-refractivity contribution is -0.139. The molecule has 1 fully saturated rings. The van der Waals surface area contributed by atoms with Gasteiger partial charge in [0, 0.05) is 10.6 Å². The van der Waals surface area contributed by atoms with Crippen LogP contribution in [-0.2, 0) is 19.9 Å². The summed E-state index contributed by atoms with van der Waals surface area (Å²) in [4.78, 5) is 50.9. The number of imide groups is 1. The summed E-state index contributed by atoms with van der Waals surface area (Å²) < 4.78 is 18.4. The number of halogens is 2. The minimum Gasteiger partial charge on any atom is -0.463 e. The summed E-state index contributed by atoms with van der Waals surface area (Å²) in [5, 5.41) is 7.53. The van der Waals surface area contributed by atoms with E-state index in [0.717, 1.165) is 17.0 Å². The quantitative estimate of drug-likeness (QED) is 0.478. The van der Waals surface area contributed by atoms with Crippen molar-refractivity contribution in [3.63, 3.8) is 0 Å². The van der Waals surface area contributed by atoms with Crippen LogP contribution in [-0.4, -0.2) is 48.0 Å². The molecule has 0 spiro atoms. The first-order valence-electron chi connectivity index (χ1n) is 9.15. The summed E-state index contributed by atoms with van der Waals surface area (Å²) in [6.45, 7) is 4.40. The number of amides is 5. The molecule has 5 amide bonds. The van der Waals surface area contributed by atoms with Crippen LogP contribution in [0.1, 0.15) is 26.3 Å². The number of nitrogens with one attached hydrogen (secondary N) is 3. The van der Waals surface area contributed by atoms with Crippen molar-refractivity contribution in [2.45, 2.75) is 32.4 Å². The Balaban J connectivity index is 1.96. The molecule has 11 heteroatoms. The number of ether oxygens (including phenoxy) is 1. The van der Waals surface area contributed by atoms with Gasteiger partial charge in [0.15, 0.2) is 0 Å². The maximum absolute atomic E-state index is 13.4. The monoisotopic (exact) mass is 438 g/mol. The highest BCUT2D eigenvalue weighted by Gasteiger charge is 2.50. The fourth-order valence-corrected chi connectivity index (χ4v) is 3.84. The normalized spacial score (nSPS) is 23.8. The van der Waals surface area contributed by atoms with Crippen molar-refractivity contribution < 1.29 is 28.3 Å². The van der Waals surface area contributed by atoms with Crippen molar-refractivity contribution in [2.24, 2.45) is 0 Å². The Morgan fingerprint density at radius 1 is 1.33 bits per heavy atom. The number of carbonyl (C=O) groups is 4. The molecule has 160 valence electrons. The molecule has 3 N–H and O–H groups in total.